The van der Waals surface area contributed by atoms with Crippen LogP contribution in [0.4, 0.5) is 13.2 Å². The molecule has 1 fully saturated rings. The van der Waals surface area contributed by atoms with Gasteiger partial charge >= 0.3 is 30.1 Å². The number of halogens is 3. The predicted octanol–water partition coefficient (Wildman–Crippen LogP) is -2.49. The summed E-state index contributed by atoms with van der Waals surface area (Å²) in [5.74, 6) is -8.11. The molecule has 2 aromatic rings. The third-order valence-corrected chi connectivity index (χ3v) is 6.08. The van der Waals surface area contributed by atoms with Gasteiger partial charge in [-0.1, -0.05) is 24.3 Å². The molecule has 1 saturated heterocycles. The zero-order chi connectivity index (χ0) is 36.0. The molecular weight excluding hydrogens is 669 g/mol. The molecule has 0 aliphatic carbocycles. The fourth-order valence-electron chi connectivity index (χ4n) is 3.80. The molecule has 1 aliphatic rings. The Hall–Kier alpha value is -6.02. The average Bonchev–Trinajstić information content (AvgIpc) is 3.53. The molecule has 2 heterocycles. The van der Waals surface area contributed by atoms with Crippen molar-refractivity contribution >= 4 is 47.5 Å². The van der Waals surface area contributed by atoms with Crippen molar-refractivity contribution in [1.82, 2.24) is 31.0 Å². The second-order valence-electron chi connectivity index (χ2n) is 9.99. The van der Waals surface area contributed by atoms with Crippen LogP contribution in [0, 0.1) is 0 Å². The maximum atomic E-state index is 13.0. The number of aromatic nitrogens is 2. The first-order chi connectivity index (χ1) is 23.2. The summed E-state index contributed by atoms with van der Waals surface area (Å²) in [6, 6.07) is 4.70. The maximum Gasteiger partial charge on any atom is 0.419 e. The van der Waals surface area contributed by atoms with Gasteiger partial charge in [-0.2, -0.15) is 18.3 Å². The molecule has 0 spiro atoms. The smallest absolute Gasteiger partial charge is 0.419 e. The Bertz CT molecular complexity index is 1580. The number of alkyl halides is 3. The van der Waals surface area contributed by atoms with E-state index < -0.39 is 111 Å². The Morgan fingerprint density at radius 2 is 1.20 bits per heavy atom. The lowest BCUT2D eigenvalue weighted by molar-refractivity contribution is -0.154. The van der Waals surface area contributed by atoms with E-state index >= 15 is 0 Å². The number of hydrogen-bond donors (Lipinski definition) is 4. The summed E-state index contributed by atoms with van der Waals surface area (Å²) < 4.78 is 58.9. The summed E-state index contributed by atoms with van der Waals surface area (Å²) in [7, 11) is 0. The monoisotopic (exact) mass is 698 g/mol. The zero-order valence-corrected chi connectivity index (χ0v) is 25.3. The van der Waals surface area contributed by atoms with Crippen LogP contribution in [0.15, 0.2) is 36.7 Å². The number of esters is 4. The van der Waals surface area contributed by atoms with Crippen molar-refractivity contribution < 1.29 is 70.5 Å². The van der Waals surface area contributed by atoms with Crippen LogP contribution in [0.2, 0.25) is 0 Å². The second kappa shape index (κ2) is 17.8. The summed E-state index contributed by atoms with van der Waals surface area (Å²) in [4.78, 5) is 96.9. The maximum absolute atomic E-state index is 13.0. The van der Waals surface area contributed by atoms with Crippen LogP contribution in [0.25, 0.3) is 0 Å². The number of ether oxygens (including phenoxy) is 4. The number of nitrogens with one attached hydrogen (secondary N) is 4. The highest BCUT2D eigenvalue weighted by atomic mass is 19.4. The highest BCUT2D eigenvalue weighted by Crippen LogP contribution is 2.28. The minimum atomic E-state index is -4.59. The molecular formula is C28H29F3N6O12. The first-order valence-electron chi connectivity index (χ1n) is 14.1. The van der Waals surface area contributed by atoms with Gasteiger partial charge in [-0.3, -0.25) is 38.2 Å². The summed E-state index contributed by atoms with van der Waals surface area (Å²) in [6.45, 7) is -5.75. The molecule has 1 atom stereocenters. The van der Waals surface area contributed by atoms with E-state index in [0.717, 1.165) is 10.9 Å². The van der Waals surface area contributed by atoms with Crippen molar-refractivity contribution in [2.24, 2.45) is 0 Å². The van der Waals surface area contributed by atoms with E-state index in [0.29, 0.717) is 17.3 Å². The molecule has 0 bridgehead atoms. The third-order valence-electron chi connectivity index (χ3n) is 6.08. The van der Waals surface area contributed by atoms with Crippen molar-refractivity contribution in [2.75, 3.05) is 46.1 Å². The van der Waals surface area contributed by atoms with Gasteiger partial charge in [-0.25, -0.2) is 4.79 Å². The van der Waals surface area contributed by atoms with E-state index in [1.54, 1.807) is 12.1 Å². The van der Waals surface area contributed by atoms with Crippen LogP contribution in [-0.2, 0) is 76.4 Å². The van der Waals surface area contributed by atoms with Gasteiger partial charge in [0.05, 0.1) is 18.3 Å². The number of hydrogen-bond acceptors (Lipinski definition) is 13. The van der Waals surface area contributed by atoms with Gasteiger partial charge in [-0.05, 0) is 11.1 Å². The lowest BCUT2D eigenvalue weighted by atomic mass is 10.0. The van der Waals surface area contributed by atoms with Crippen molar-refractivity contribution in [3.8, 4) is 0 Å². The van der Waals surface area contributed by atoms with Gasteiger partial charge in [0.15, 0.2) is 26.4 Å². The number of rotatable bonds is 4. The number of cyclic esters (lactones) is 4. The van der Waals surface area contributed by atoms with Crippen LogP contribution in [-0.4, -0.2) is 109 Å². The number of nitrogens with zero attached hydrogens (tertiary/aromatic N) is 2. The van der Waals surface area contributed by atoms with E-state index in [4.69, 9.17) is 9.47 Å². The van der Waals surface area contributed by atoms with E-state index in [1.807, 2.05) is 0 Å². The average molecular weight is 699 g/mol. The van der Waals surface area contributed by atoms with E-state index in [2.05, 4.69) is 35.8 Å². The van der Waals surface area contributed by atoms with E-state index in [1.165, 1.54) is 12.1 Å². The second-order valence-corrected chi connectivity index (χ2v) is 9.99. The molecule has 18 nitrogen and oxygen atoms in total. The number of carbonyl (C=O) groups is 8. The highest BCUT2D eigenvalue weighted by molar-refractivity contribution is 5.90. The predicted molar refractivity (Wildman–Crippen MR) is 151 cm³/mol. The summed E-state index contributed by atoms with van der Waals surface area (Å²) >= 11 is 0. The standard InChI is InChI=1S/C28H29F3N6O12/c29-28(30,31)18-6-35-37(11-18)10-17-3-1-2-16(4-17)5-19-27(45)49-14-22(40)34-8-25(43)47-12-20(38)32-7-24(42)46-13-21(39)33-9-26(44)48-15-23(41)36-19/h1-4,6,11,19H,5,7-10,12-15H2,(H,32,38)(H,33,39)(H,34,40)(H,36,41). The molecule has 0 radical (unpaired) electrons. The van der Waals surface area contributed by atoms with Gasteiger partial charge in [0.2, 0.25) is 0 Å². The zero-order valence-electron chi connectivity index (χ0n) is 25.3. The number of benzene rings is 1. The van der Waals surface area contributed by atoms with Gasteiger partial charge in [0.25, 0.3) is 23.6 Å². The lowest BCUT2D eigenvalue weighted by Gasteiger charge is -2.18. The largest absolute Gasteiger partial charge is 0.454 e. The third kappa shape index (κ3) is 13.7. The first kappa shape index (κ1) is 37.4. The minimum Gasteiger partial charge on any atom is -0.454 e. The SMILES string of the molecule is O=C1COC(=O)CNC(=O)COC(=O)C(Cc2cccc(Cn3cc(C(F)(F)F)cn3)c2)NC(=O)COC(=O)CNC(=O)COC(=O)CN1. The van der Waals surface area contributed by atoms with Crippen LogP contribution in [0.5, 0.6) is 0 Å². The Labute approximate surface area is 273 Å². The Morgan fingerprint density at radius 1 is 0.714 bits per heavy atom. The van der Waals surface area contributed by atoms with Crippen LogP contribution < -0.4 is 21.3 Å². The highest BCUT2D eigenvalue weighted by Gasteiger charge is 2.32. The Balaban J connectivity index is 1.70. The Kier molecular flexibility index (Phi) is 13.6. The molecule has 1 unspecified atom stereocenters. The molecule has 4 N–H and O–H groups in total. The van der Waals surface area contributed by atoms with Crippen LogP contribution in [0.3, 0.4) is 0 Å². The van der Waals surface area contributed by atoms with Crippen molar-refractivity contribution in [1.29, 1.82) is 0 Å². The summed E-state index contributed by atoms with van der Waals surface area (Å²) in [6.07, 6.45) is -3.37. The van der Waals surface area contributed by atoms with E-state index in [9.17, 15) is 51.5 Å². The molecule has 0 saturated carbocycles. The molecule has 1 aromatic heterocycles. The van der Waals surface area contributed by atoms with Crippen molar-refractivity contribution in [3.05, 3.63) is 53.3 Å². The molecule has 1 aromatic carbocycles. The van der Waals surface area contributed by atoms with Gasteiger partial charge in [-0.15, -0.1) is 0 Å². The Morgan fingerprint density at radius 3 is 1.71 bits per heavy atom. The minimum absolute atomic E-state index is 0.0758. The molecule has 3 rings (SSSR count). The van der Waals surface area contributed by atoms with Gasteiger partial charge in [0.1, 0.15) is 25.7 Å². The van der Waals surface area contributed by atoms with Crippen molar-refractivity contribution in [3.63, 3.8) is 0 Å². The molecule has 1 aliphatic heterocycles. The summed E-state index contributed by atoms with van der Waals surface area (Å²) in [5.41, 5.74) is -0.0721. The number of carbonyl (C=O) groups excluding carboxylic acids is 8. The van der Waals surface area contributed by atoms with Crippen LogP contribution in [0.1, 0.15) is 16.7 Å². The van der Waals surface area contributed by atoms with Crippen LogP contribution >= 0.6 is 0 Å². The molecule has 4 amide bonds. The molecule has 49 heavy (non-hydrogen) atoms. The lowest BCUT2D eigenvalue weighted by Crippen LogP contribution is -2.46. The van der Waals surface area contributed by atoms with Crippen molar-refractivity contribution in [2.45, 2.75) is 25.2 Å². The first-order valence-corrected chi connectivity index (χ1v) is 14.1. The van der Waals surface area contributed by atoms with Gasteiger partial charge < -0.3 is 40.2 Å². The van der Waals surface area contributed by atoms with Gasteiger partial charge in [0, 0.05) is 12.6 Å². The fourth-order valence-corrected chi connectivity index (χ4v) is 3.80. The normalized spacial score (nSPS) is 18.7. The number of amides is 4. The quantitative estimate of drug-likeness (QED) is 0.191. The fraction of sp³-hybridized carbons (Fsp3) is 0.393. The summed E-state index contributed by atoms with van der Waals surface area (Å²) in [5, 5.41) is 12.2. The molecule has 21 heteroatoms. The van der Waals surface area contributed by atoms with E-state index in [-0.39, 0.29) is 13.0 Å². The molecule has 264 valence electrons. The topological polar surface area (TPSA) is 239 Å².